The fourth-order valence-electron chi connectivity index (χ4n) is 4.19. The number of rotatable bonds is 4. The first kappa shape index (κ1) is 20.6. The normalized spacial score (nSPS) is 19.0. The van der Waals surface area contributed by atoms with Gasteiger partial charge in [-0.25, -0.2) is 8.42 Å². The first-order valence-corrected chi connectivity index (χ1v) is 11.5. The van der Waals surface area contributed by atoms with Gasteiger partial charge in [0.15, 0.2) is 0 Å². The van der Waals surface area contributed by atoms with Gasteiger partial charge in [0.05, 0.1) is 4.90 Å². The van der Waals surface area contributed by atoms with E-state index in [9.17, 15) is 18.0 Å². The number of para-hydroxylation sites is 1. The second kappa shape index (κ2) is 7.85. The minimum absolute atomic E-state index is 0.214. The van der Waals surface area contributed by atoms with Gasteiger partial charge in [-0.1, -0.05) is 18.2 Å². The van der Waals surface area contributed by atoms with Gasteiger partial charge < -0.3 is 5.32 Å². The van der Waals surface area contributed by atoms with Crippen LogP contribution in [-0.4, -0.2) is 43.7 Å². The zero-order valence-electron chi connectivity index (χ0n) is 17.1. The van der Waals surface area contributed by atoms with E-state index < -0.39 is 16.1 Å². The summed E-state index contributed by atoms with van der Waals surface area (Å²) in [5, 5.41) is 2.90. The van der Waals surface area contributed by atoms with Gasteiger partial charge in [0.2, 0.25) is 21.8 Å². The Balaban J connectivity index is 1.63. The van der Waals surface area contributed by atoms with Crippen molar-refractivity contribution in [2.24, 2.45) is 0 Å². The van der Waals surface area contributed by atoms with Crippen LogP contribution in [0.1, 0.15) is 30.9 Å². The van der Waals surface area contributed by atoms with E-state index in [2.05, 4.69) is 5.32 Å². The maximum Gasteiger partial charge on any atom is 0.247 e. The van der Waals surface area contributed by atoms with E-state index in [1.807, 2.05) is 31.2 Å². The third kappa shape index (κ3) is 3.61. The predicted octanol–water partition coefficient (Wildman–Crippen LogP) is 2.70. The highest BCUT2D eigenvalue weighted by Gasteiger charge is 2.38. The molecule has 0 spiro atoms. The third-order valence-electron chi connectivity index (χ3n) is 5.78. The molecular weight excluding hydrogens is 402 g/mol. The van der Waals surface area contributed by atoms with Gasteiger partial charge in [-0.15, -0.1) is 0 Å². The number of carbonyl (C=O) groups is 2. The van der Waals surface area contributed by atoms with Crippen molar-refractivity contribution < 1.29 is 18.0 Å². The summed E-state index contributed by atoms with van der Waals surface area (Å²) in [6.07, 6.45) is 2.00. The molecule has 7 nitrogen and oxygen atoms in total. The Morgan fingerprint density at radius 1 is 1.07 bits per heavy atom. The summed E-state index contributed by atoms with van der Waals surface area (Å²) >= 11 is 0. The van der Waals surface area contributed by atoms with Crippen LogP contribution in [0.4, 0.5) is 11.4 Å². The lowest BCUT2D eigenvalue weighted by atomic mass is 10.1. The van der Waals surface area contributed by atoms with E-state index in [1.54, 1.807) is 12.1 Å². The molecule has 0 aliphatic carbocycles. The molecule has 30 heavy (non-hydrogen) atoms. The number of anilines is 2. The molecule has 1 atom stereocenters. The summed E-state index contributed by atoms with van der Waals surface area (Å²) in [6, 6.07) is 11.5. The zero-order chi connectivity index (χ0) is 21.5. The topological polar surface area (TPSA) is 86.8 Å². The SMILES string of the molecule is CC(=O)N1c2ccc(S(=O)(=O)N3CCCC3)cc2C[C@H]1C(=O)Nc1ccccc1C. The van der Waals surface area contributed by atoms with Crippen molar-refractivity contribution in [2.75, 3.05) is 23.3 Å². The van der Waals surface area contributed by atoms with E-state index in [0.717, 1.165) is 18.4 Å². The quantitative estimate of drug-likeness (QED) is 0.813. The Morgan fingerprint density at radius 3 is 2.43 bits per heavy atom. The number of amides is 2. The predicted molar refractivity (Wildman–Crippen MR) is 115 cm³/mol. The monoisotopic (exact) mass is 427 g/mol. The molecule has 158 valence electrons. The minimum atomic E-state index is -3.56. The lowest BCUT2D eigenvalue weighted by Gasteiger charge is -2.24. The molecule has 0 bridgehead atoms. The smallest absolute Gasteiger partial charge is 0.247 e. The summed E-state index contributed by atoms with van der Waals surface area (Å²) < 4.78 is 27.3. The number of aryl methyl sites for hydroxylation is 1. The van der Waals surface area contributed by atoms with Crippen LogP contribution in [0.15, 0.2) is 47.4 Å². The number of hydrogen-bond acceptors (Lipinski definition) is 4. The van der Waals surface area contributed by atoms with E-state index in [-0.39, 0.29) is 23.1 Å². The van der Waals surface area contributed by atoms with Crippen molar-refractivity contribution >= 4 is 33.2 Å². The fourth-order valence-corrected chi connectivity index (χ4v) is 5.76. The van der Waals surface area contributed by atoms with Crippen molar-refractivity contribution in [2.45, 2.75) is 44.0 Å². The van der Waals surface area contributed by atoms with Gasteiger partial charge in [-0.3, -0.25) is 14.5 Å². The molecule has 2 aromatic carbocycles. The molecule has 0 radical (unpaired) electrons. The maximum atomic E-state index is 13.0. The van der Waals surface area contributed by atoms with Gasteiger partial charge in [0.1, 0.15) is 6.04 Å². The molecule has 4 rings (SSSR count). The van der Waals surface area contributed by atoms with Gasteiger partial charge in [-0.05, 0) is 55.2 Å². The van der Waals surface area contributed by atoms with Crippen molar-refractivity contribution in [3.8, 4) is 0 Å². The number of nitrogens with zero attached hydrogens (tertiary/aromatic N) is 2. The molecule has 1 saturated heterocycles. The molecule has 0 saturated carbocycles. The lowest BCUT2D eigenvalue weighted by Crippen LogP contribution is -2.44. The highest BCUT2D eigenvalue weighted by atomic mass is 32.2. The van der Waals surface area contributed by atoms with Crippen LogP contribution in [-0.2, 0) is 26.0 Å². The molecule has 2 aromatic rings. The number of fused-ring (bicyclic) bond motifs is 1. The standard InChI is InChI=1S/C22H25N3O4S/c1-15-7-3-4-8-19(15)23-22(27)21-14-17-13-18(9-10-20(17)25(21)16(2)26)30(28,29)24-11-5-6-12-24/h3-4,7-10,13,21H,5-6,11-12,14H2,1-2H3,(H,23,27)/t21-/m0/s1. The highest BCUT2D eigenvalue weighted by molar-refractivity contribution is 7.89. The second-order valence-corrected chi connectivity index (χ2v) is 9.75. The van der Waals surface area contributed by atoms with Crippen molar-refractivity contribution in [1.82, 2.24) is 4.31 Å². The first-order chi connectivity index (χ1) is 14.3. The molecule has 2 aliphatic rings. The van der Waals surface area contributed by atoms with Crippen LogP contribution in [0, 0.1) is 6.92 Å². The van der Waals surface area contributed by atoms with E-state index >= 15 is 0 Å². The molecule has 0 aromatic heterocycles. The Bertz CT molecular complexity index is 1110. The molecule has 1 fully saturated rings. The summed E-state index contributed by atoms with van der Waals surface area (Å²) in [6.45, 7) is 4.37. The van der Waals surface area contributed by atoms with Crippen LogP contribution in [0.5, 0.6) is 0 Å². The second-order valence-electron chi connectivity index (χ2n) is 7.81. The lowest BCUT2D eigenvalue weighted by molar-refractivity contribution is -0.122. The van der Waals surface area contributed by atoms with Crippen molar-refractivity contribution in [1.29, 1.82) is 0 Å². The van der Waals surface area contributed by atoms with Crippen molar-refractivity contribution in [3.63, 3.8) is 0 Å². The number of nitrogens with one attached hydrogen (secondary N) is 1. The average molecular weight is 428 g/mol. The summed E-state index contributed by atoms with van der Waals surface area (Å²) in [5.41, 5.74) is 2.90. The van der Waals surface area contributed by atoms with Crippen LogP contribution in [0.2, 0.25) is 0 Å². The fraction of sp³-hybridized carbons (Fsp3) is 0.364. The van der Waals surface area contributed by atoms with Crippen LogP contribution in [0.25, 0.3) is 0 Å². The van der Waals surface area contributed by atoms with E-state index in [1.165, 1.54) is 22.2 Å². The van der Waals surface area contributed by atoms with Gasteiger partial charge >= 0.3 is 0 Å². The Labute approximate surface area is 176 Å². The number of hydrogen-bond donors (Lipinski definition) is 1. The Morgan fingerprint density at radius 2 is 1.77 bits per heavy atom. The Hall–Kier alpha value is -2.71. The molecule has 2 heterocycles. The van der Waals surface area contributed by atoms with E-state index in [4.69, 9.17) is 0 Å². The molecule has 1 N–H and O–H groups in total. The molecular formula is C22H25N3O4S. The highest BCUT2D eigenvalue weighted by Crippen LogP contribution is 2.35. The van der Waals surface area contributed by atoms with Gasteiger partial charge in [0, 0.05) is 37.8 Å². The zero-order valence-corrected chi connectivity index (χ0v) is 17.9. The molecule has 8 heteroatoms. The summed E-state index contributed by atoms with van der Waals surface area (Å²) in [4.78, 5) is 27.0. The summed E-state index contributed by atoms with van der Waals surface area (Å²) in [5.74, 6) is -0.548. The third-order valence-corrected chi connectivity index (χ3v) is 7.68. The molecule has 0 unspecified atom stereocenters. The first-order valence-electron chi connectivity index (χ1n) is 10.1. The van der Waals surface area contributed by atoms with Gasteiger partial charge in [-0.2, -0.15) is 4.31 Å². The largest absolute Gasteiger partial charge is 0.324 e. The Kier molecular flexibility index (Phi) is 5.38. The van der Waals surface area contributed by atoms with Crippen molar-refractivity contribution in [3.05, 3.63) is 53.6 Å². The van der Waals surface area contributed by atoms with Crippen LogP contribution in [0.3, 0.4) is 0 Å². The van der Waals surface area contributed by atoms with Gasteiger partial charge in [0.25, 0.3) is 0 Å². The van der Waals surface area contributed by atoms with E-state index in [0.29, 0.717) is 30.0 Å². The van der Waals surface area contributed by atoms with Crippen LogP contribution < -0.4 is 10.2 Å². The van der Waals surface area contributed by atoms with Crippen LogP contribution >= 0.6 is 0 Å². The average Bonchev–Trinajstić information content (AvgIpc) is 3.37. The number of sulfonamides is 1. The summed E-state index contributed by atoms with van der Waals surface area (Å²) in [7, 11) is -3.56. The minimum Gasteiger partial charge on any atom is -0.324 e. The number of benzene rings is 2. The molecule has 2 aliphatic heterocycles. The maximum absolute atomic E-state index is 13.0. The number of carbonyl (C=O) groups excluding carboxylic acids is 2. The molecule has 2 amide bonds.